The molecule has 0 amide bonds. The molecular formula is C21H27N3. The number of rotatable bonds is 8. The molecule has 0 spiro atoms. The van der Waals surface area contributed by atoms with E-state index in [1.165, 1.54) is 48.8 Å². The molecule has 3 nitrogen and oxygen atoms in total. The highest BCUT2D eigenvalue weighted by molar-refractivity contribution is 5.77. The molecule has 0 aliphatic carbocycles. The molecule has 0 aliphatic rings. The Hall–Kier alpha value is -2.16. The molecule has 1 aromatic heterocycles. The zero-order valence-electron chi connectivity index (χ0n) is 14.8. The highest BCUT2D eigenvalue weighted by Gasteiger charge is 2.15. The van der Waals surface area contributed by atoms with Gasteiger partial charge in [-0.1, -0.05) is 79.8 Å². The number of aryl methyl sites for hydroxylation is 1. The van der Waals surface area contributed by atoms with Gasteiger partial charge in [-0.2, -0.15) is 0 Å². The molecule has 1 heterocycles. The summed E-state index contributed by atoms with van der Waals surface area (Å²) in [6, 6.07) is 15.3. The van der Waals surface area contributed by atoms with Crippen molar-refractivity contribution >= 4 is 11.0 Å². The van der Waals surface area contributed by atoms with Gasteiger partial charge in [-0.05, 0) is 42.9 Å². The minimum atomic E-state index is 0.545. The van der Waals surface area contributed by atoms with Crippen molar-refractivity contribution in [2.24, 2.45) is 0 Å². The van der Waals surface area contributed by atoms with E-state index >= 15 is 0 Å². The van der Waals surface area contributed by atoms with E-state index in [1.54, 1.807) is 0 Å². The summed E-state index contributed by atoms with van der Waals surface area (Å²) >= 11 is 0. The van der Waals surface area contributed by atoms with Gasteiger partial charge in [0.15, 0.2) is 0 Å². The largest absolute Gasteiger partial charge is 0.258 e. The topological polar surface area (TPSA) is 41.6 Å². The van der Waals surface area contributed by atoms with E-state index in [0.717, 1.165) is 17.5 Å². The van der Waals surface area contributed by atoms with Crippen molar-refractivity contribution in [3.8, 4) is 0 Å². The fraction of sp³-hybridized carbons (Fsp3) is 0.429. The van der Waals surface area contributed by atoms with Gasteiger partial charge in [-0.25, -0.2) is 0 Å². The number of aromatic amines is 1. The molecule has 0 radical (unpaired) electrons. The molecule has 24 heavy (non-hydrogen) atoms. The maximum atomic E-state index is 4.29. The molecule has 1 N–H and O–H groups in total. The van der Waals surface area contributed by atoms with E-state index in [2.05, 4.69) is 65.7 Å². The SMILES string of the molecule is CCCCCCC(Cc1cccc2[nH]nnc12)c1cccc(C)c1. The average Bonchev–Trinajstić information content (AvgIpc) is 3.07. The van der Waals surface area contributed by atoms with Crippen LogP contribution in [-0.2, 0) is 6.42 Å². The van der Waals surface area contributed by atoms with Crippen molar-refractivity contribution in [2.45, 2.75) is 58.3 Å². The Morgan fingerprint density at radius 2 is 1.92 bits per heavy atom. The monoisotopic (exact) mass is 321 g/mol. The number of hydrogen-bond donors (Lipinski definition) is 1. The number of unbranched alkanes of at least 4 members (excludes halogenated alkanes) is 3. The van der Waals surface area contributed by atoms with Crippen molar-refractivity contribution in [2.75, 3.05) is 0 Å². The van der Waals surface area contributed by atoms with Crippen LogP contribution in [0, 0.1) is 6.92 Å². The van der Waals surface area contributed by atoms with Crippen LogP contribution >= 0.6 is 0 Å². The van der Waals surface area contributed by atoms with E-state index in [4.69, 9.17) is 0 Å². The van der Waals surface area contributed by atoms with Crippen LogP contribution in [0.15, 0.2) is 42.5 Å². The molecule has 3 heteroatoms. The lowest BCUT2D eigenvalue weighted by Gasteiger charge is -2.18. The molecule has 3 aromatic rings. The minimum absolute atomic E-state index is 0.545. The number of hydrogen-bond acceptors (Lipinski definition) is 2. The summed E-state index contributed by atoms with van der Waals surface area (Å²) in [7, 11) is 0. The van der Waals surface area contributed by atoms with E-state index in [0.29, 0.717) is 5.92 Å². The van der Waals surface area contributed by atoms with Crippen LogP contribution in [0.25, 0.3) is 11.0 Å². The number of aromatic nitrogens is 3. The fourth-order valence-electron chi connectivity index (χ4n) is 3.49. The third kappa shape index (κ3) is 4.02. The molecular weight excluding hydrogens is 294 g/mol. The Kier molecular flexibility index (Phi) is 5.63. The van der Waals surface area contributed by atoms with Gasteiger partial charge >= 0.3 is 0 Å². The van der Waals surface area contributed by atoms with Crippen molar-refractivity contribution in [3.63, 3.8) is 0 Å². The van der Waals surface area contributed by atoms with Crippen molar-refractivity contribution in [1.29, 1.82) is 0 Å². The van der Waals surface area contributed by atoms with E-state index in [-0.39, 0.29) is 0 Å². The summed E-state index contributed by atoms with van der Waals surface area (Å²) in [5, 5.41) is 11.2. The molecule has 0 aliphatic heterocycles. The number of H-pyrrole nitrogens is 1. The highest BCUT2D eigenvalue weighted by Crippen LogP contribution is 2.29. The Labute approximate surface area is 144 Å². The molecule has 126 valence electrons. The first-order valence-corrected chi connectivity index (χ1v) is 9.13. The molecule has 0 saturated heterocycles. The first-order valence-electron chi connectivity index (χ1n) is 9.13. The van der Waals surface area contributed by atoms with E-state index in [9.17, 15) is 0 Å². The number of nitrogens with one attached hydrogen (secondary N) is 1. The van der Waals surface area contributed by atoms with Crippen LogP contribution in [0.3, 0.4) is 0 Å². The van der Waals surface area contributed by atoms with Crippen molar-refractivity contribution in [3.05, 3.63) is 59.2 Å². The van der Waals surface area contributed by atoms with Crippen LogP contribution in [0.5, 0.6) is 0 Å². The zero-order chi connectivity index (χ0) is 16.8. The summed E-state index contributed by atoms with van der Waals surface area (Å²) in [5.74, 6) is 0.545. The van der Waals surface area contributed by atoms with Crippen LogP contribution < -0.4 is 0 Å². The Bertz CT molecular complexity index is 775. The maximum Gasteiger partial charge on any atom is 0.116 e. The Morgan fingerprint density at radius 3 is 2.75 bits per heavy atom. The normalized spacial score (nSPS) is 12.6. The fourth-order valence-corrected chi connectivity index (χ4v) is 3.49. The van der Waals surface area contributed by atoms with E-state index < -0.39 is 0 Å². The van der Waals surface area contributed by atoms with Crippen LogP contribution in [-0.4, -0.2) is 15.4 Å². The van der Waals surface area contributed by atoms with Crippen molar-refractivity contribution < 1.29 is 0 Å². The number of benzene rings is 2. The second kappa shape index (κ2) is 8.09. The molecule has 0 fully saturated rings. The van der Waals surface area contributed by atoms with Crippen LogP contribution in [0.1, 0.15) is 61.6 Å². The van der Waals surface area contributed by atoms with Gasteiger partial charge in [0.25, 0.3) is 0 Å². The smallest absolute Gasteiger partial charge is 0.116 e. The maximum absolute atomic E-state index is 4.29. The van der Waals surface area contributed by atoms with E-state index in [1.807, 2.05) is 6.07 Å². The lowest BCUT2D eigenvalue weighted by Crippen LogP contribution is -2.04. The summed E-state index contributed by atoms with van der Waals surface area (Å²) < 4.78 is 0. The quantitative estimate of drug-likeness (QED) is 0.552. The second-order valence-electron chi connectivity index (χ2n) is 6.79. The first kappa shape index (κ1) is 16.7. The van der Waals surface area contributed by atoms with Gasteiger partial charge in [0.05, 0.1) is 5.52 Å². The van der Waals surface area contributed by atoms with Gasteiger partial charge in [0.2, 0.25) is 0 Å². The standard InChI is InChI=1S/C21H27N3/c1-3-4-5-6-10-18(17-11-7-9-16(2)14-17)15-19-12-8-13-20-21(19)23-24-22-20/h7-9,11-14,18H,3-6,10,15H2,1-2H3,(H,22,23,24). The van der Waals surface area contributed by atoms with Gasteiger partial charge in [-0.3, -0.25) is 5.10 Å². The molecule has 2 aromatic carbocycles. The third-order valence-electron chi connectivity index (χ3n) is 4.83. The highest BCUT2D eigenvalue weighted by atomic mass is 15.3. The summed E-state index contributed by atoms with van der Waals surface area (Å²) in [5.41, 5.74) is 6.13. The zero-order valence-corrected chi connectivity index (χ0v) is 14.8. The molecule has 1 unspecified atom stereocenters. The Morgan fingerprint density at radius 1 is 1.04 bits per heavy atom. The molecule has 0 saturated carbocycles. The second-order valence-corrected chi connectivity index (χ2v) is 6.79. The number of fused-ring (bicyclic) bond motifs is 1. The Balaban J connectivity index is 1.82. The third-order valence-corrected chi connectivity index (χ3v) is 4.83. The summed E-state index contributed by atoms with van der Waals surface area (Å²) in [4.78, 5) is 0. The first-order chi connectivity index (χ1) is 11.8. The number of nitrogens with zero attached hydrogens (tertiary/aromatic N) is 2. The molecule has 0 bridgehead atoms. The van der Waals surface area contributed by atoms with Gasteiger partial charge in [0, 0.05) is 0 Å². The predicted octanol–water partition coefficient (Wildman–Crippen LogP) is 5.56. The van der Waals surface area contributed by atoms with Crippen LogP contribution in [0.4, 0.5) is 0 Å². The van der Waals surface area contributed by atoms with Crippen molar-refractivity contribution in [1.82, 2.24) is 15.4 Å². The molecule has 1 atom stereocenters. The van der Waals surface area contributed by atoms with Gasteiger partial charge in [-0.15, -0.1) is 5.10 Å². The minimum Gasteiger partial charge on any atom is -0.258 e. The van der Waals surface area contributed by atoms with Gasteiger partial charge in [0.1, 0.15) is 5.52 Å². The van der Waals surface area contributed by atoms with Gasteiger partial charge < -0.3 is 0 Å². The summed E-state index contributed by atoms with van der Waals surface area (Å²) in [6.45, 7) is 4.44. The van der Waals surface area contributed by atoms with Crippen LogP contribution in [0.2, 0.25) is 0 Å². The average molecular weight is 321 g/mol. The lowest BCUT2D eigenvalue weighted by atomic mass is 9.86. The summed E-state index contributed by atoms with van der Waals surface area (Å²) in [6.07, 6.45) is 7.50. The predicted molar refractivity (Wildman–Crippen MR) is 100 cm³/mol. The lowest BCUT2D eigenvalue weighted by molar-refractivity contribution is 0.551. The molecule has 3 rings (SSSR count).